The molecule has 0 aliphatic carbocycles. The van der Waals surface area contributed by atoms with E-state index in [2.05, 4.69) is 58.1 Å². The summed E-state index contributed by atoms with van der Waals surface area (Å²) in [6.45, 7) is 0.722. The van der Waals surface area contributed by atoms with E-state index in [0.717, 1.165) is 34.0 Å². The molecule has 3 aromatic carbocycles. The first kappa shape index (κ1) is 23.1. The summed E-state index contributed by atoms with van der Waals surface area (Å²) in [5, 5.41) is 16.1. The Labute approximate surface area is 222 Å². The molecule has 0 bridgehead atoms. The van der Waals surface area contributed by atoms with Crippen molar-refractivity contribution in [2.24, 2.45) is 0 Å². The topological polar surface area (TPSA) is 85.8 Å². The van der Waals surface area contributed by atoms with E-state index in [9.17, 15) is 4.79 Å². The maximum Gasteiger partial charge on any atom is 0.265 e. The number of nitrogens with two attached hydrogens (primary N) is 1. The van der Waals surface area contributed by atoms with E-state index in [1.165, 1.54) is 27.7 Å². The van der Waals surface area contributed by atoms with E-state index in [1.807, 2.05) is 58.7 Å². The fourth-order valence-electron chi connectivity index (χ4n) is 4.31. The van der Waals surface area contributed by atoms with Crippen molar-refractivity contribution in [3.05, 3.63) is 107 Å². The van der Waals surface area contributed by atoms with Gasteiger partial charge in [-0.05, 0) is 64.0 Å². The lowest BCUT2D eigenvalue weighted by Gasteiger charge is -2.09. The van der Waals surface area contributed by atoms with Crippen molar-refractivity contribution in [1.29, 1.82) is 0 Å². The predicted molar refractivity (Wildman–Crippen MR) is 153 cm³/mol. The van der Waals surface area contributed by atoms with E-state index in [1.54, 1.807) is 11.3 Å². The van der Waals surface area contributed by atoms with Crippen LogP contribution >= 0.6 is 22.7 Å². The number of nitrogens with one attached hydrogen (secondary N) is 1. The van der Waals surface area contributed by atoms with Crippen LogP contribution in [0.5, 0.6) is 0 Å². The van der Waals surface area contributed by atoms with Crippen molar-refractivity contribution in [3.63, 3.8) is 0 Å². The second-order valence-electron chi connectivity index (χ2n) is 8.65. The van der Waals surface area contributed by atoms with Crippen molar-refractivity contribution in [2.75, 3.05) is 11.1 Å². The molecular weight excluding hydrogens is 498 g/mol. The molecule has 0 aliphatic rings. The number of nitrogen functional groups attached to an aromatic ring is 1. The number of aryl methyl sites for hydroxylation is 2. The summed E-state index contributed by atoms with van der Waals surface area (Å²) in [6, 6.07) is 28.3. The minimum absolute atomic E-state index is 0.199. The van der Waals surface area contributed by atoms with Crippen LogP contribution in [0.2, 0.25) is 0 Å². The number of fused-ring (bicyclic) bond motifs is 1. The molecule has 0 spiro atoms. The lowest BCUT2D eigenvalue weighted by atomic mass is 10.0. The molecular formula is C29H23N5OS2. The highest BCUT2D eigenvalue weighted by Crippen LogP contribution is 2.32. The molecule has 6 nitrogen and oxygen atoms in total. The summed E-state index contributed by atoms with van der Waals surface area (Å²) in [7, 11) is 0. The van der Waals surface area contributed by atoms with E-state index < -0.39 is 0 Å². The van der Waals surface area contributed by atoms with Crippen LogP contribution in [-0.4, -0.2) is 20.9 Å². The number of rotatable bonds is 7. The van der Waals surface area contributed by atoms with Gasteiger partial charge in [0.25, 0.3) is 5.91 Å². The molecule has 3 heterocycles. The molecule has 0 atom stereocenters. The van der Waals surface area contributed by atoms with Gasteiger partial charge in [0.2, 0.25) is 0 Å². The smallest absolute Gasteiger partial charge is 0.265 e. The number of hydrogen-bond donors (Lipinski definition) is 2. The SMILES string of the molecule is Nc1ccc(-c2cccs2)cc1NC(=O)c1ccc(-c2cn(CCc3cccc4ccccc34)nn2)s1. The second kappa shape index (κ2) is 10.0. The largest absolute Gasteiger partial charge is 0.397 e. The maximum atomic E-state index is 13.0. The van der Waals surface area contributed by atoms with Crippen molar-refractivity contribution < 1.29 is 4.79 Å². The monoisotopic (exact) mass is 521 g/mol. The first-order chi connectivity index (χ1) is 18.1. The van der Waals surface area contributed by atoms with Gasteiger partial charge >= 0.3 is 0 Å². The summed E-state index contributed by atoms with van der Waals surface area (Å²) in [6.07, 6.45) is 2.79. The summed E-state index contributed by atoms with van der Waals surface area (Å²) >= 11 is 3.03. The van der Waals surface area contributed by atoms with Gasteiger partial charge < -0.3 is 11.1 Å². The molecule has 0 radical (unpaired) electrons. The number of anilines is 2. The van der Waals surface area contributed by atoms with Crippen LogP contribution in [0, 0.1) is 0 Å². The van der Waals surface area contributed by atoms with E-state index in [0.29, 0.717) is 16.3 Å². The first-order valence-electron chi connectivity index (χ1n) is 11.9. The molecule has 0 fully saturated rings. The number of benzene rings is 3. The molecule has 182 valence electrons. The van der Waals surface area contributed by atoms with Gasteiger partial charge in [0.15, 0.2) is 0 Å². The van der Waals surface area contributed by atoms with Gasteiger partial charge in [-0.2, -0.15) is 0 Å². The Kier molecular flexibility index (Phi) is 6.26. The summed E-state index contributed by atoms with van der Waals surface area (Å²) in [4.78, 5) is 15.6. The second-order valence-corrected chi connectivity index (χ2v) is 10.7. The van der Waals surface area contributed by atoms with Crippen molar-refractivity contribution >= 4 is 50.7 Å². The Morgan fingerprint density at radius 3 is 2.73 bits per heavy atom. The fourth-order valence-corrected chi connectivity index (χ4v) is 5.88. The van der Waals surface area contributed by atoms with Crippen molar-refractivity contribution in [1.82, 2.24) is 15.0 Å². The molecule has 3 N–H and O–H groups in total. The van der Waals surface area contributed by atoms with E-state index in [-0.39, 0.29) is 5.91 Å². The molecule has 6 rings (SSSR count). The summed E-state index contributed by atoms with van der Waals surface area (Å²) < 4.78 is 1.85. The number of carbonyl (C=O) groups excluding carboxylic acids is 1. The van der Waals surface area contributed by atoms with Crippen LogP contribution in [0.4, 0.5) is 11.4 Å². The van der Waals surface area contributed by atoms with Crippen LogP contribution in [0.3, 0.4) is 0 Å². The Morgan fingerprint density at radius 2 is 1.84 bits per heavy atom. The van der Waals surface area contributed by atoms with Gasteiger partial charge in [-0.3, -0.25) is 9.48 Å². The number of thiophene rings is 2. The third-order valence-corrected chi connectivity index (χ3v) is 8.24. The number of amides is 1. The molecule has 6 aromatic rings. The average Bonchev–Trinajstić information content (AvgIpc) is 3.71. The molecule has 0 saturated heterocycles. The maximum absolute atomic E-state index is 13.0. The van der Waals surface area contributed by atoms with Crippen LogP contribution in [-0.2, 0) is 13.0 Å². The summed E-state index contributed by atoms with van der Waals surface area (Å²) in [5.74, 6) is -0.199. The fraction of sp³-hybridized carbons (Fsp3) is 0.0690. The number of nitrogens with zero attached hydrogens (tertiary/aromatic N) is 3. The number of hydrogen-bond acceptors (Lipinski definition) is 6. The van der Waals surface area contributed by atoms with Gasteiger partial charge in [0, 0.05) is 11.4 Å². The van der Waals surface area contributed by atoms with Crippen molar-refractivity contribution in [3.8, 4) is 21.0 Å². The Hall–Kier alpha value is -4.27. The normalized spacial score (nSPS) is 11.1. The number of carbonyl (C=O) groups is 1. The first-order valence-corrected chi connectivity index (χ1v) is 13.6. The van der Waals surface area contributed by atoms with Gasteiger partial charge in [0.05, 0.1) is 27.3 Å². The Bertz CT molecular complexity index is 1700. The van der Waals surface area contributed by atoms with E-state index in [4.69, 9.17) is 5.73 Å². The zero-order chi connectivity index (χ0) is 25.2. The highest BCUT2D eigenvalue weighted by Gasteiger charge is 2.15. The molecule has 0 unspecified atom stereocenters. The molecule has 8 heteroatoms. The van der Waals surface area contributed by atoms with Gasteiger partial charge in [-0.15, -0.1) is 27.8 Å². The average molecular weight is 522 g/mol. The van der Waals surface area contributed by atoms with Crippen LogP contribution < -0.4 is 11.1 Å². The minimum atomic E-state index is -0.199. The zero-order valence-corrected chi connectivity index (χ0v) is 21.4. The number of aromatic nitrogens is 3. The van der Waals surface area contributed by atoms with Gasteiger partial charge in [-0.1, -0.05) is 59.8 Å². The van der Waals surface area contributed by atoms with Gasteiger partial charge in [0.1, 0.15) is 5.69 Å². The molecule has 0 aliphatic heterocycles. The lowest BCUT2D eigenvalue weighted by molar-refractivity contribution is 0.103. The standard InChI is InChI=1S/C29H23N5OS2/c30-23-11-10-21(26-9-4-16-36-26)17-24(23)31-29(35)28-13-12-27(37-28)25-18-34(33-32-25)15-14-20-7-3-6-19-5-1-2-8-22(19)20/h1-13,16-18H,14-15,30H2,(H,31,35). The van der Waals surface area contributed by atoms with Crippen molar-refractivity contribution in [2.45, 2.75) is 13.0 Å². The van der Waals surface area contributed by atoms with Crippen LogP contribution in [0.1, 0.15) is 15.2 Å². The third-order valence-electron chi connectivity index (χ3n) is 6.22. The molecule has 37 heavy (non-hydrogen) atoms. The quantitative estimate of drug-likeness (QED) is 0.222. The molecule has 1 amide bonds. The predicted octanol–water partition coefficient (Wildman–Crippen LogP) is 6.97. The zero-order valence-electron chi connectivity index (χ0n) is 19.8. The Balaban J connectivity index is 1.14. The molecule has 3 aromatic heterocycles. The van der Waals surface area contributed by atoms with Crippen LogP contribution in [0.15, 0.2) is 96.5 Å². The lowest BCUT2D eigenvalue weighted by Crippen LogP contribution is -2.11. The van der Waals surface area contributed by atoms with E-state index >= 15 is 0 Å². The molecule has 0 saturated carbocycles. The summed E-state index contributed by atoms with van der Waals surface area (Å²) in [5.41, 5.74) is 10.3. The Morgan fingerprint density at radius 1 is 0.946 bits per heavy atom. The highest BCUT2D eigenvalue weighted by atomic mass is 32.1. The highest BCUT2D eigenvalue weighted by molar-refractivity contribution is 7.17. The van der Waals surface area contributed by atoms with Gasteiger partial charge in [-0.25, -0.2) is 0 Å². The van der Waals surface area contributed by atoms with Crippen LogP contribution in [0.25, 0.3) is 31.8 Å². The third kappa shape index (κ3) is 4.89. The minimum Gasteiger partial charge on any atom is -0.397 e.